The number of carbonyl (C=O) groups is 2. The van der Waals surface area contributed by atoms with Crippen LogP contribution in [0.15, 0.2) is 47.6 Å². The van der Waals surface area contributed by atoms with Crippen LogP contribution >= 0.6 is 23.2 Å². The molecule has 1 fully saturated rings. The minimum atomic E-state index is -1.47. The van der Waals surface area contributed by atoms with Crippen molar-refractivity contribution < 1.29 is 18.8 Å². The van der Waals surface area contributed by atoms with Crippen LogP contribution in [0.3, 0.4) is 0 Å². The Morgan fingerprint density at radius 3 is 2.50 bits per heavy atom. The van der Waals surface area contributed by atoms with Gasteiger partial charge in [0.2, 0.25) is 11.5 Å². The molecule has 0 radical (unpaired) electrons. The van der Waals surface area contributed by atoms with E-state index in [2.05, 4.69) is 5.16 Å². The van der Waals surface area contributed by atoms with Gasteiger partial charge in [-0.1, -0.05) is 34.4 Å². The van der Waals surface area contributed by atoms with Crippen molar-refractivity contribution in [2.24, 2.45) is 5.16 Å². The van der Waals surface area contributed by atoms with Gasteiger partial charge in [0, 0.05) is 11.4 Å². The molecule has 0 saturated carbocycles. The summed E-state index contributed by atoms with van der Waals surface area (Å²) in [5.41, 5.74) is -0.803. The molecule has 1 saturated heterocycles. The lowest BCUT2D eigenvalue weighted by atomic mass is 9.92. The van der Waals surface area contributed by atoms with Crippen LogP contribution in [0.5, 0.6) is 0 Å². The van der Waals surface area contributed by atoms with Crippen LogP contribution < -0.4 is 4.90 Å². The van der Waals surface area contributed by atoms with Crippen LogP contribution in [0.25, 0.3) is 0 Å². The van der Waals surface area contributed by atoms with Gasteiger partial charge in [-0.25, -0.2) is 9.29 Å². The van der Waals surface area contributed by atoms with E-state index in [1.807, 2.05) is 0 Å². The molecule has 5 nitrogen and oxygen atoms in total. The number of hydrogen-bond donors (Lipinski definition) is 0. The van der Waals surface area contributed by atoms with Crippen molar-refractivity contribution in [1.29, 1.82) is 0 Å². The number of nitrogens with zero attached hydrogens (tertiary/aromatic N) is 2. The number of hydrogen-bond acceptors (Lipinski definition) is 4. The highest BCUT2D eigenvalue weighted by Crippen LogP contribution is 2.40. The van der Waals surface area contributed by atoms with Gasteiger partial charge in [-0.3, -0.25) is 9.59 Å². The Morgan fingerprint density at radius 1 is 1.08 bits per heavy atom. The Morgan fingerprint density at radius 2 is 1.81 bits per heavy atom. The fourth-order valence-electron chi connectivity index (χ4n) is 3.16. The fourth-order valence-corrected chi connectivity index (χ4v) is 3.56. The predicted molar refractivity (Wildman–Crippen MR) is 94.9 cm³/mol. The van der Waals surface area contributed by atoms with E-state index < -0.39 is 23.2 Å². The van der Waals surface area contributed by atoms with Gasteiger partial charge in [0.05, 0.1) is 28.4 Å². The van der Waals surface area contributed by atoms with Gasteiger partial charge in [-0.05, 0) is 36.4 Å². The standard InChI is InChI=1S/C18H11Cl2FN2O3/c19-10-4-6-11(7-5-10)23-15(24)9-18(17(23)25)8-14(22-26-18)16-12(20)2-1-3-13(16)21/h1-7H,8-9H2/t18-/m0/s1. The van der Waals surface area contributed by atoms with Crippen molar-refractivity contribution in [2.45, 2.75) is 18.4 Å². The smallest absolute Gasteiger partial charge is 0.281 e. The van der Waals surface area contributed by atoms with Crippen LogP contribution in [0.1, 0.15) is 18.4 Å². The zero-order chi connectivity index (χ0) is 18.5. The fraction of sp³-hybridized carbons (Fsp3) is 0.167. The number of carbonyl (C=O) groups excluding carboxylic acids is 2. The maximum Gasteiger partial charge on any atom is 0.281 e. The summed E-state index contributed by atoms with van der Waals surface area (Å²) in [4.78, 5) is 31.8. The number of amides is 2. The molecule has 2 aliphatic heterocycles. The Labute approximate surface area is 157 Å². The summed E-state index contributed by atoms with van der Waals surface area (Å²) < 4.78 is 14.1. The number of rotatable bonds is 2. The number of benzene rings is 2. The van der Waals surface area contributed by atoms with Crippen molar-refractivity contribution in [3.63, 3.8) is 0 Å². The van der Waals surface area contributed by atoms with E-state index in [0.29, 0.717) is 10.7 Å². The van der Waals surface area contributed by atoms with Gasteiger partial charge >= 0.3 is 0 Å². The maximum absolute atomic E-state index is 14.1. The second-order valence-corrected chi connectivity index (χ2v) is 6.93. The molecular formula is C18H11Cl2FN2O3. The van der Waals surface area contributed by atoms with Crippen molar-refractivity contribution in [1.82, 2.24) is 0 Å². The average molecular weight is 393 g/mol. The van der Waals surface area contributed by atoms with Crippen molar-refractivity contribution in [3.05, 3.63) is 63.9 Å². The number of oxime groups is 1. The van der Waals surface area contributed by atoms with Crippen LogP contribution in [-0.4, -0.2) is 23.1 Å². The second-order valence-electron chi connectivity index (χ2n) is 6.08. The summed E-state index contributed by atoms with van der Waals surface area (Å²) in [5, 5.41) is 4.51. The molecular weight excluding hydrogens is 382 g/mol. The third kappa shape index (κ3) is 2.57. The summed E-state index contributed by atoms with van der Waals surface area (Å²) in [7, 11) is 0. The predicted octanol–water partition coefficient (Wildman–Crippen LogP) is 3.96. The van der Waals surface area contributed by atoms with Gasteiger partial charge in [0.1, 0.15) is 5.82 Å². The highest BCUT2D eigenvalue weighted by molar-refractivity contribution is 6.35. The molecule has 2 amide bonds. The molecule has 1 spiro atoms. The van der Waals surface area contributed by atoms with Crippen LogP contribution in [-0.2, 0) is 14.4 Å². The van der Waals surface area contributed by atoms with Crippen molar-refractivity contribution >= 4 is 46.4 Å². The molecule has 2 aromatic carbocycles. The lowest BCUT2D eigenvalue weighted by Gasteiger charge is -2.19. The molecule has 0 unspecified atom stereocenters. The van der Waals surface area contributed by atoms with Gasteiger partial charge < -0.3 is 4.84 Å². The first-order chi connectivity index (χ1) is 12.4. The minimum Gasteiger partial charge on any atom is -0.378 e. The van der Waals surface area contributed by atoms with Crippen LogP contribution in [0.4, 0.5) is 10.1 Å². The van der Waals surface area contributed by atoms with Gasteiger partial charge in [0.15, 0.2) is 0 Å². The van der Waals surface area contributed by atoms with E-state index in [1.54, 1.807) is 24.3 Å². The summed E-state index contributed by atoms with van der Waals surface area (Å²) in [6.45, 7) is 0. The molecule has 2 heterocycles. The molecule has 26 heavy (non-hydrogen) atoms. The zero-order valence-corrected chi connectivity index (χ0v) is 14.7. The molecule has 132 valence electrons. The largest absolute Gasteiger partial charge is 0.378 e. The maximum atomic E-state index is 14.1. The molecule has 2 aliphatic rings. The molecule has 0 aromatic heterocycles. The molecule has 0 N–H and O–H groups in total. The van der Waals surface area contributed by atoms with Crippen LogP contribution in [0.2, 0.25) is 10.0 Å². The summed E-state index contributed by atoms with van der Waals surface area (Å²) in [6.07, 6.45) is -0.226. The third-order valence-electron chi connectivity index (χ3n) is 4.40. The van der Waals surface area contributed by atoms with E-state index in [-0.39, 0.29) is 29.1 Å². The van der Waals surface area contributed by atoms with E-state index in [1.165, 1.54) is 18.2 Å². The second kappa shape index (κ2) is 6.07. The first-order valence-electron chi connectivity index (χ1n) is 7.74. The number of halogens is 3. The molecule has 0 aliphatic carbocycles. The zero-order valence-electron chi connectivity index (χ0n) is 13.2. The summed E-state index contributed by atoms with van der Waals surface area (Å²) in [5.74, 6) is -1.53. The summed E-state index contributed by atoms with van der Waals surface area (Å²) >= 11 is 11.9. The van der Waals surface area contributed by atoms with Gasteiger partial charge in [0.25, 0.3) is 5.91 Å². The molecule has 0 bridgehead atoms. The van der Waals surface area contributed by atoms with E-state index in [0.717, 1.165) is 4.90 Å². The molecule has 8 heteroatoms. The lowest BCUT2D eigenvalue weighted by molar-refractivity contribution is -0.136. The van der Waals surface area contributed by atoms with Gasteiger partial charge in [-0.15, -0.1) is 0 Å². The molecule has 4 rings (SSSR count). The number of imide groups is 1. The van der Waals surface area contributed by atoms with Crippen LogP contribution in [0, 0.1) is 5.82 Å². The quantitative estimate of drug-likeness (QED) is 0.726. The van der Waals surface area contributed by atoms with E-state index >= 15 is 0 Å². The highest BCUT2D eigenvalue weighted by Gasteiger charge is 2.58. The van der Waals surface area contributed by atoms with Crippen molar-refractivity contribution in [2.75, 3.05) is 4.90 Å². The van der Waals surface area contributed by atoms with E-state index in [9.17, 15) is 14.0 Å². The summed E-state index contributed by atoms with van der Waals surface area (Å²) in [6, 6.07) is 10.5. The minimum absolute atomic E-state index is 0.0394. The normalized spacial score (nSPS) is 22.1. The topological polar surface area (TPSA) is 59.0 Å². The SMILES string of the molecule is O=C1C[C@@]2(CC(c3c(F)cccc3Cl)=NO2)C(=O)N1c1ccc(Cl)cc1. The Balaban J connectivity index is 1.65. The lowest BCUT2D eigenvalue weighted by Crippen LogP contribution is -2.40. The van der Waals surface area contributed by atoms with Crippen molar-refractivity contribution in [3.8, 4) is 0 Å². The third-order valence-corrected chi connectivity index (χ3v) is 4.97. The molecule has 2 aromatic rings. The van der Waals surface area contributed by atoms with E-state index in [4.69, 9.17) is 28.0 Å². The van der Waals surface area contributed by atoms with Gasteiger partial charge in [-0.2, -0.15) is 0 Å². The monoisotopic (exact) mass is 392 g/mol. The number of anilines is 1. The Bertz CT molecular complexity index is 941. The first kappa shape index (κ1) is 17.0. The first-order valence-corrected chi connectivity index (χ1v) is 8.49. The molecule has 1 atom stereocenters. The Kier molecular flexibility index (Phi) is 3.97. The average Bonchev–Trinajstić information content (AvgIpc) is 3.11. The Hall–Kier alpha value is -2.44. The highest BCUT2D eigenvalue weighted by atomic mass is 35.5.